The van der Waals surface area contributed by atoms with Gasteiger partial charge in [0, 0.05) is 30.7 Å². The number of hydrogen-bond donors (Lipinski definition) is 1. The Morgan fingerprint density at radius 2 is 1.70 bits per heavy atom. The Hall–Kier alpha value is -3.53. The van der Waals surface area contributed by atoms with Gasteiger partial charge in [0.1, 0.15) is 18.2 Å². The fourth-order valence-electron chi connectivity index (χ4n) is 5.03. The molecule has 2 aliphatic rings. The van der Waals surface area contributed by atoms with E-state index in [-0.39, 0.29) is 17.4 Å². The number of anilines is 4. The van der Waals surface area contributed by atoms with Gasteiger partial charge >= 0.3 is 0 Å². The van der Waals surface area contributed by atoms with E-state index in [0.29, 0.717) is 42.2 Å². The van der Waals surface area contributed by atoms with Crippen molar-refractivity contribution in [3.63, 3.8) is 0 Å². The summed E-state index contributed by atoms with van der Waals surface area (Å²) in [4.78, 5) is 19.6. The molecule has 1 saturated heterocycles. The van der Waals surface area contributed by atoms with E-state index in [2.05, 4.69) is 49.1 Å². The average molecular weight is 510 g/mol. The lowest BCUT2D eigenvalue weighted by atomic mass is 10.0. The standard InChI is InChI=1S/C27H33F2N7O/c1-17(2)36-9-10-37-26-22(28)11-18(12-24(26)36)21-13-25(30-16-23(21)29)33-27-31-14-20(15-32-27)35-7-5-19(6-8-35)34(3)4/h11-17,19H,5-10H2,1-4H3,(H,30,31,32,33). The molecule has 37 heavy (non-hydrogen) atoms. The van der Waals surface area contributed by atoms with Crippen molar-refractivity contribution >= 4 is 23.1 Å². The summed E-state index contributed by atoms with van der Waals surface area (Å²) < 4.78 is 35.4. The van der Waals surface area contributed by atoms with Crippen LogP contribution in [0, 0.1) is 11.6 Å². The van der Waals surface area contributed by atoms with Crippen LogP contribution in [0.25, 0.3) is 11.1 Å². The van der Waals surface area contributed by atoms with Crippen molar-refractivity contribution in [3.05, 3.63) is 48.4 Å². The van der Waals surface area contributed by atoms with Gasteiger partial charge in [0.2, 0.25) is 5.95 Å². The number of aromatic nitrogens is 3. The number of piperidine rings is 1. The molecule has 196 valence electrons. The molecular weight excluding hydrogens is 476 g/mol. The van der Waals surface area contributed by atoms with E-state index in [1.165, 1.54) is 6.07 Å². The van der Waals surface area contributed by atoms with Crippen LogP contribution in [0.15, 0.2) is 36.8 Å². The smallest absolute Gasteiger partial charge is 0.228 e. The van der Waals surface area contributed by atoms with Crippen LogP contribution in [0.1, 0.15) is 26.7 Å². The van der Waals surface area contributed by atoms with Crippen LogP contribution in [-0.4, -0.2) is 72.3 Å². The highest BCUT2D eigenvalue weighted by Gasteiger charge is 2.25. The monoisotopic (exact) mass is 509 g/mol. The van der Waals surface area contributed by atoms with Crippen molar-refractivity contribution in [3.8, 4) is 16.9 Å². The Morgan fingerprint density at radius 1 is 0.973 bits per heavy atom. The molecule has 2 aliphatic heterocycles. The largest absolute Gasteiger partial charge is 0.486 e. The van der Waals surface area contributed by atoms with E-state index in [0.717, 1.165) is 37.8 Å². The van der Waals surface area contributed by atoms with E-state index in [1.807, 2.05) is 13.8 Å². The Bertz CT molecular complexity index is 1240. The number of benzene rings is 1. The molecule has 0 amide bonds. The molecule has 0 unspecified atom stereocenters. The maximum atomic E-state index is 15.0. The molecule has 2 aromatic heterocycles. The van der Waals surface area contributed by atoms with Crippen molar-refractivity contribution in [1.29, 1.82) is 0 Å². The third-order valence-electron chi connectivity index (χ3n) is 7.14. The summed E-state index contributed by atoms with van der Waals surface area (Å²) in [7, 11) is 4.24. The molecule has 0 atom stereocenters. The highest BCUT2D eigenvalue weighted by molar-refractivity contribution is 5.75. The first-order chi connectivity index (χ1) is 17.8. The van der Waals surface area contributed by atoms with E-state index in [4.69, 9.17) is 4.74 Å². The number of pyridine rings is 1. The van der Waals surface area contributed by atoms with Crippen LogP contribution in [0.3, 0.4) is 0 Å². The van der Waals surface area contributed by atoms with E-state index >= 15 is 0 Å². The van der Waals surface area contributed by atoms with Gasteiger partial charge in [0.15, 0.2) is 11.6 Å². The second-order valence-electron chi connectivity index (χ2n) is 10.1. The van der Waals surface area contributed by atoms with E-state index < -0.39 is 11.6 Å². The first-order valence-corrected chi connectivity index (χ1v) is 12.7. The number of nitrogens with one attached hydrogen (secondary N) is 1. The maximum Gasteiger partial charge on any atom is 0.228 e. The van der Waals surface area contributed by atoms with Crippen LogP contribution < -0.4 is 19.9 Å². The molecule has 4 heterocycles. The quantitative estimate of drug-likeness (QED) is 0.513. The zero-order valence-corrected chi connectivity index (χ0v) is 21.7. The number of halogens is 2. The van der Waals surface area contributed by atoms with Gasteiger partial charge in [0.25, 0.3) is 0 Å². The lowest BCUT2D eigenvalue weighted by molar-refractivity contribution is 0.249. The number of ether oxygens (including phenoxy) is 1. The first kappa shape index (κ1) is 25.1. The highest BCUT2D eigenvalue weighted by Crippen LogP contribution is 2.40. The number of fused-ring (bicyclic) bond motifs is 1. The number of rotatable bonds is 6. The van der Waals surface area contributed by atoms with Crippen LogP contribution in [0.4, 0.5) is 31.9 Å². The topological polar surface area (TPSA) is 69.7 Å². The third kappa shape index (κ3) is 5.29. The predicted molar refractivity (Wildman–Crippen MR) is 142 cm³/mol. The number of nitrogens with zero attached hydrogens (tertiary/aromatic N) is 6. The Kier molecular flexibility index (Phi) is 7.10. The van der Waals surface area contributed by atoms with Gasteiger partial charge in [-0.15, -0.1) is 0 Å². The second-order valence-corrected chi connectivity index (χ2v) is 10.1. The van der Waals surface area contributed by atoms with Crippen LogP contribution in [0.5, 0.6) is 5.75 Å². The molecule has 0 bridgehead atoms. The summed E-state index contributed by atoms with van der Waals surface area (Å²) in [5.41, 5.74) is 2.23. The lowest BCUT2D eigenvalue weighted by Gasteiger charge is -2.36. The van der Waals surface area contributed by atoms with Gasteiger partial charge in [-0.1, -0.05) is 0 Å². The molecule has 0 saturated carbocycles. The average Bonchev–Trinajstić information content (AvgIpc) is 2.90. The SMILES string of the molecule is CC(C)N1CCOc2c(F)cc(-c3cc(Nc4ncc(N5CCC(N(C)C)CC5)cn4)ncc3F)cc21. The summed E-state index contributed by atoms with van der Waals surface area (Å²) in [5.74, 6) is -0.137. The van der Waals surface area contributed by atoms with Crippen molar-refractivity contribution in [2.75, 3.05) is 55.5 Å². The summed E-state index contributed by atoms with van der Waals surface area (Å²) in [6.07, 6.45) is 6.89. The lowest BCUT2D eigenvalue weighted by Crippen LogP contribution is -2.42. The second kappa shape index (κ2) is 10.5. The normalized spacial score (nSPS) is 16.2. The van der Waals surface area contributed by atoms with E-state index in [1.54, 1.807) is 24.5 Å². The van der Waals surface area contributed by atoms with Crippen LogP contribution >= 0.6 is 0 Å². The number of hydrogen-bond acceptors (Lipinski definition) is 8. The molecule has 1 aromatic carbocycles. The fraction of sp³-hybridized carbons (Fsp3) is 0.444. The van der Waals surface area contributed by atoms with Crippen molar-refractivity contribution in [2.45, 2.75) is 38.8 Å². The Labute approximate surface area is 216 Å². The summed E-state index contributed by atoms with van der Waals surface area (Å²) >= 11 is 0. The Morgan fingerprint density at radius 3 is 2.38 bits per heavy atom. The van der Waals surface area contributed by atoms with Gasteiger partial charge < -0.3 is 24.8 Å². The maximum absolute atomic E-state index is 15.0. The van der Waals surface area contributed by atoms with Crippen LogP contribution in [-0.2, 0) is 0 Å². The first-order valence-electron chi connectivity index (χ1n) is 12.7. The van der Waals surface area contributed by atoms with Crippen molar-refractivity contribution < 1.29 is 13.5 Å². The van der Waals surface area contributed by atoms with E-state index in [9.17, 15) is 8.78 Å². The molecule has 1 N–H and O–H groups in total. The molecule has 8 nitrogen and oxygen atoms in total. The summed E-state index contributed by atoms with van der Waals surface area (Å²) in [6, 6.07) is 5.36. The zero-order chi connectivity index (χ0) is 26.1. The van der Waals surface area contributed by atoms with Crippen molar-refractivity contribution in [2.24, 2.45) is 0 Å². The molecule has 10 heteroatoms. The summed E-state index contributed by atoms with van der Waals surface area (Å²) in [5, 5.41) is 3.04. The predicted octanol–water partition coefficient (Wildman–Crippen LogP) is 4.70. The molecule has 3 aromatic rings. The zero-order valence-electron chi connectivity index (χ0n) is 21.7. The molecule has 0 spiro atoms. The molecule has 1 fully saturated rings. The minimum Gasteiger partial charge on any atom is -0.486 e. The van der Waals surface area contributed by atoms with Gasteiger partial charge in [-0.05, 0) is 64.5 Å². The fourth-order valence-corrected chi connectivity index (χ4v) is 5.03. The molecule has 5 rings (SSSR count). The third-order valence-corrected chi connectivity index (χ3v) is 7.14. The minimum atomic E-state index is -0.546. The van der Waals surface area contributed by atoms with Crippen LogP contribution in [0.2, 0.25) is 0 Å². The van der Waals surface area contributed by atoms with Gasteiger partial charge in [-0.2, -0.15) is 0 Å². The molecule has 0 radical (unpaired) electrons. The molecule has 0 aliphatic carbocycles. The highest BCUT2D eigenvalue weighted by atomic mass is 19.1. The summed E-state index contributed by atoms with van der Waals surface area (Å²) in [6.45, 7) is 7.03. The Balaban J connectivity index is 1.35. The van der Waals surface area contributed by atoms with Gasteiger partial charge in [0.05, 0.1) is 36.5 Å². The molecular formula is C27H33F2N7O. The van der Waals surface area contributed by atoms with Gasteiger partial charge in [-0.25, -0.2) is 23.7 Å². The minimum absolute atomic E-state index is 0.149. The van der Waals surface area contributed by atoms with Gasteiger partial charge in [-0.3, -0.25) is 0 Å². The van der Waals surface area contributed by atoms with Crippen molar-refractivity contribution in [1.82, 2.24) is 19.9 Å².